The number of amides is 1. The fraction of sp³-hybridized carbons (Fsp3) is 0.817. The normalized spacial score (nSPS) is 25.6. The van der Waals surface area contributed by atoms with Crippen molar-refractivity contribution in [1.82, 2.24) is 5.32 Å². The number of nitrogens with one attached hydrogen (secondary N) is 1. The minimum absolute atomic E-state index is 0.256. The van der Waals surface area contributed by atoms with Crippen LogP contribution < -0.4 is 5.32 Å². The summed E-state index contributed by atoms with van der Waals surface area (Å²) in [6.45, 7) is 2.74. The lowest BCUT2D eigenvalue weighted by atomic mass is 9.97. The van der Waals surface area contributed by atoms with Gasteiger partial charge in [-0.1, -0.05) is 197 Å². The molecule has 74 heavy (non-hydrogen) atoms. The molecule has 0 aromatic heterocycles. The second-order valence-electron chi connectivity index (χ2n) is 20.7. The molecular weight excluding hydrogens is 943 g/mol. The molecule has 12 atom stereocenters. The SMILES string of the molecule is CCCCCCC/C=C\C/C=C\CCCCCCCCCCCCCCCC(=O)NC(COC1OC(CO)C(OC2OC(CO)C(O)C(O)C2O)C(O)C1O)C(O)/C=C/CC/C=C/CC/C=C/CCCCCCC. The second kappa shape index (κ2) is 45.7. The van der Waals surface area contributed by atoms with Crippen LogP contribution in [0.3, 0.4) is 0 Å². The minimum atomic E-state index is -1.79. The third-order valence-electron chi connectivity index (χ3n) is 14.2. The second-order valence-corrected chi connectivity index (χ2v) is 20.7. The molecule has 0 aliphatic carbocycles. The van der Waals surface area contributed by atoms with Gasteiger partial charge in [0.2, 0.25) is 5.91 Å². The molecule has 2 fully saturated rings. The van der Waals surface area contributed by atoms with E-state index in [1.165, 1.54) is 135 Å². The first-order chi connectivity index (χ1) is 36.1. The van der Waals surface area contributed by atoms with Crippen molar-refractivity contribution in [1.29, 1.82) is 0 Å². The molecule has 0 saturated carbocycles. The largest absolute Gasteiger partial charge is 0.394 e. The summed E-state index contributed by atoms with van der Waals surface area (Å²) in [5.41, 5.74) is 0. The smallest absolute Gasteiger partial charge is 0.220 e. The predicted molar refractivity (Wildman–Crippen MR) is 295 cm³/mol. The topological polar surface area (TPSA) is 228 Å². The number of carbonyl (C=O) groups is 1. The van der Waals surface area contributed by atoms with Crippen molar-refractivity contribution < 1.29 is 64.6 Å². The number of hydrogen-bond donors (Lipinski definition) is 9. The van der Waals surface area contributed by atoms with Gasteiger partial charge < -0.3 is 65.1 Å². The zero-order chi connectivity index (χ0) is 53.9. The first kappa shape index (κ1) is 67.8. The number of unbranched alkanes of at least 4 members (excludes halogenated alkanes) is 25. The van der Waals surface area contributed by atoms with Crippen LogP contribution in [0, 0.1) is 0 Å². The van der Waals surface area contributed by atoms with E-state index >= 15 is 0 Å². The van der Waals surface area contributed by atoms with E-state index in [2.05, 4.69) is 67.8 Å². The number of carbonyl (C=O) groups excluding carboxylic acids is 1. The first-order valence-electron chi connectivity index (χ1n) is 29.5. The van der Waals surface area contributed by atoms with Crippen molar-refractivity contribution in [3.63, 3.8) is 0 Å². The third kappa shape index (κ3) is 31.2. The van der Waals surface area contributed by atoms with E-state index in [1.807, 2.05) is 6.08 Å². The van der Waals surface area contributed by atoms with Gasteiger partial charge in [-0.25, -0.2) is 0 Å². The summed E-state index contributed by atoms with van der Waals surface area (Å²) in [4.78, 5) is 13.2. The van der Waals surface area contributed by atoms with E-state index in [0.717, 1.165) is 51.4 Å². The van der Waals surface area contributed by atoms with Crippen molar-refractivity contribution in [3.05, 3.63) is 60.8 Å². The highest BCUT2D eigenvalue weighted by Crippen LogP contribution is 2.30. The molecule has 0 spiro atoms. The summed E-state index contributed by atoms with van der Waals surface area (Å²) in [6, 6.07) is -0.939. The van der Waals surface area contributed by atoms with Crippen LogP contribution >= 0.6 is 0 Å². The Bertz CT molecular complexity index is 1470. The van der Waals surface area contributed by atoms with Gasteiger partial charge in [-0.2, -0.15) is 0 Å². The average molecular weight is 1050 g/mol. The fourth-order valence-corrected chi connectivity index (χ4v) is 9.35. The van der Waals surface area contributed by atoms with Gasteiger partial charge in [-0.05, 0) is 77.0 Å². The van der Waals surface area contributed by atoms with Crippen LogP contribution in [0.15, 0.2) is 60.8 Å². The van der Waals surface area contributed by atoms with Crippen molar-refractivity contribution >= 4 is 5.91 Å². The van der Waals surface area contributed by atoms with Crippen molar-refractivity contribution in [2.45, 2.75) is 293 Å². The van der Waals surface area contributed by atoms with Crippen LogP contribution in [0.2, 0.25) is 0 Å². The molecule has 2 heterocycles. The molecule has 2 saturated heterocycles. The van der Waals surface area contributed by atoms with Crippen molar-refractivity contribution in [2.24, 2.45) is 0 Å². The molecule has 14 heteroatoms. The zero-order valence-electron chi connectivity index (χ0n) is 46.1. The van der Waals surface area contributed by atoms with Crippen molar-refractivity contribution in [3.8, 4) is 0 Å². The predicted octanol–water partition coefficient (Wildman–Crippen LogP) is 9.78. The van der Waals surface area contributed by atoms with Crippen LogP contribution in [0.5, 0.6) is 0 Å². The Morgan fingerprint density at radius 2 is 0.905 bits per heavy atom. The van der Waals surface area contributed by atoms with Gasteiger partial charge in [0.1, 0.15) is 48.8 Å². The molecule has 0 bridgehead atoms. The number of hydrogen-bond acceptors (Lipinski definition) is 13. The van der Waals surface area contributed by atoms with Crippen LogP contribution in [0.25, 0.3) is 0 Å². The molecule has 2 rings (SSSR count). The summed E-state index contributed by atoms with van der Waals surface area (Å²) in [6.07, 6.45) is 41.2. The third-order valence-corrected chi connectivity index (χ3v) is 14.2. The number of aliphatic hydroxyl groups excluding tert-OH is 8. The Morgan fingerprint density at radius 1 is 0.486 bits per heavy atom. The molecule has 2 aliphatic rings. The minimum Gasteiger partial charge on any atom is -0.394 e. The van der Waals surface area contributed by atoms with E-state index in [9.17, 15) is 45.6 Å². The van der Waals surface area contributed by atoms with Gasteiger partial charge in [-0.15, -0.1) is 0 Å². The Kier molecular flexibility index (Phi) is 41.9. The summed E-state index contributed by atoms with van der Waals surface area (Å²) in [5.74, 6) is -0.256. The zero-order valence-corrected chi connectivity index (χ0v) is 46.1. The summed E-state index contributed by atoms with van der Waals surface area (Å²) < 4.78 is 22.7. The van der Waals surface area contributed by atoms with Gasteiger partial charge in [0.05, 0.1) is 32.0 Å². The molecule has 0 aromatic rings. The van der Waals surface area contributed by atoms with Crippen LogP contribution in [-0.4, -0.2) is 140 Å². The molecule has 0 radical (unpaired) electrons. The highest BCUT2D eigenvalue weighted by atomic mass is 16.7. The average Bonchev–Trinajstić information content (AvgIpc) is 3.40. The lowest BCUT2D eigenvalue weighted by molar-refractivity contribution is -0.359. The molecular formula is C60H107NO13. The number of aliphatic hydroxyl groups is 8. The van der Waals surface area contributed by atoms with Gasteiger partial charge in [-0.3, -0.25) is 4.79 Å². The summed E-state index contributed by atoms with van der Waals surface area (Å²) in [7, 11) is 0. The number of allylic oxidation sites excluding steroid dienone is 9. The van der Waals surface area contributed by atoms with Crippen LogP contribution in [0.4, 0.5) is 0 Å². The van der Waals surface area contributed by atoms with Gasteiger partial charge in [0.25, 0.3) is 0 Å². The number of ether oxygens (including phenoxy) is 4. The van der Waals surface area contributed by atoms with E-state index < -0.39 is 86.8 Å². The van der Waals surface area contributed by atoms with Gasteiger partial charge in [0.15, 0.2) is 12.6 Å². The maximum absolute atomic E-state index is 13.2. The molecule has 1 amide bonds. The van der Waals surface area contributed by atoms with Crippen LogP contribution in [-0.2, 0) is 23.7 Å². The van der Waals surface area contributed by atoms with Crippen molar-refractivity contribution in [2.75, 3.05) is 19.8 Å². The quantitative estimate of drug-likeness (QED) is 0.0205. The highest BCUT2D eigenvalue weighted by Gasteiger charge is 2.51. The van der Waals surface area contributed by atoms with E-state index in [-0.39, 0.29) is 18.9 Å². The standard InChI is InChI=1S/C60H107NO13/c1-3-5-7-9-11-13-15-17-19-20-21-22-23-24-25-26-27-28-30-32-34-36-38-40-42-44-52(65)61-48(49(64)43-41-39-37-35-33-31-29-18-16-14-12-10-8-6-4-2)47-71-59-57(70)55(68)58(51(46-63)73-59)74-60-56(69)54(67)53(66)50(45-62)72-60/h15-18,20-21,33,35,41,43,48-51,53-60,62-64,66-70H,3-14,19,22-32,34,36-40,42,44-47H2,1-2H3,(H,61,65)/b17-15-,18-16+,21-20-,35-33+,43-41+. The molecule has 12 unspecified atom stereocenters. The Hall–Kier alpha value is -2.31. The molecule has 2 aliphatic heterocycles. The monoisotopic (exact) mass is 1050 g/mol. The first-order valence-corrected chi connectivity index (χ1v) is 29.5. The summed E-state index contributed by atoms with van der Waals surface area (Å²) >= 11 is 0. The maximum Gasteiger partial charge on any atom is 0.220 e. The van der Waals surface area contributed by atoms with E-state index in [4.69, 9.17) is 18.9 Å². The highest BCUT2D eigenvalue weighted by molar-refractivity contribution is 5.76. The lowest BCUT2D eigenvalue weighted by Gasteiger charge is -2.46. The summed E-state index contributed by atoms with van der Waals surface area (Å²) in [5, 5.41) is 87.0. The molecule has 14 nitrogen and oxygen atoms in total. The Balaban J connectivity index is 1.76. The van der Waals surface area contributed by atoms with Gasteiger partial charge in [0, 0.05) is 6.42 Å². The van der Waals surface area contributed by atoms with Gasteiger partial charge >= 0.3 is 0 Å². The van der Waals surface area contributed by atoms with Crippen LogP contribution in [0.1, 0.15) is 219 Å². The molecule has 430 valence electrons. The Morgan fingerprint density at radius 3 is 1.41 bits per heavy atom. The Labute approximate surface area is 447 Å². The fourth-order valence-electron chi connectivity index (χ4n) is 9.35. The maximum atomic E-state index is 13.2. The van der Waals surface area contributed by atoms with E-state index in [1.54, 1.807) is 6.08 Å². The van der Waals surface area contributed by atoms with E-state index in [0.29, 0.717) is 12.8 Å². The molecule has 9 N–H and O–H groups in total. The lowest BCUT2D eigenvalue weighted by Crippen LogP contribution is -2.65. The number of rotatable bonds is 46. The molecule has 0 aromatic carbocycles.